The fraction of sp³-hybridized carbons (Fsp3) is 0.391. The van der Waals surface area contributed by atoms with E-state index in [0.29, 0.717) is 32.5 Å². The lowest BCUT2D eigenvalue weighted by Gasteiger charge is -2.32. The van der Waals surface area contributed by atoms with Crippen molar-refractivity contribution >= 4 is 11.8 Å². The molecule has 0 atom stereocenters. The van der Waals surface area contributed by atoms with Crippen molar-refractivity contribution in [2.24, 2.45) is 0 Å². The smallest absolute Gasteiger partial charge is 0.225 e. The third-order valence-corrected chi connectivity index (χ3v) is 5.06. The normalized spacial score (nSPS) is 14.3. The van der Waals surface area contributed by atoms with Gasteiger partial charge in [0.05, 0.1) is 26.6 Å². The largest absolute Gasteiger partial charge is 0.497 e. The number of ether oxygens (including phenoxy) is 2. The van der Waals surface area contributed by atoms with E-state index in [1.54, 1.807) is 7.11 Å². The fourth-order valence-electron chi connectivity index (χ4n) is 3.41. The van der Waals surface area contributed by atoms with Crippen LogP contribution in [-0.4, -0.2) is 49.6 Å². The number of nitrogens with zero attached hydrogens (tertiary/aromatic N) is 1. The first-order chi connectivity index (χ1) is 14.1. The number of methoxy groups -OCH3 is 1. The number of likely N-dealkylation sites (tertiary alicyclic amines) is 1. The summed E-state index contributed by atoms with van der Waals surface area (Å²) in [7, 11) is 1.62. The van der Waals surface area contributed by atoms with Crippen LogP contribution < -0.4 is 14.8 Å². The second-order valence-corrected chi connectivity index (χ2v) is 7.16. The van der Waals surface area contributed by atoms with Gasteiger partial charge in [0.2, 0.25) is 11.8 Å². The molecular formula is C23H28N2O4. The van der Waals surface area contributed by atoms with Crippen molar-refractivity contribution < 1.29 is 19.1 Å². The monoisotopic (exact) mass is 396 g/mol. The Hall–Kier alpha value is -3.02. The van der Waals surface area contributed by atoms with Crippen molar-refractivity contribution in [3.8, 4) is 11.5 Å². The van der Waals surface area contributed by atoms with E-state index in [1.807, 2.05) is 59.5 Å². The highest BCUT2D eigenvalue weighted by molar-refractivity contribution is 5.79. The number of rotatable bonds is 8. The Morgan fingerprint density at radius 2 is 1.69 bits per heavy atom. The number of carbonyl (C=O) groups excluding carboxylic acids is 2. The van der Waals surface area contributed by atoms with Crippen LogP contribution in [-0.2, 0) is 16.0 Å². The topological polar surface area (TPSA) is 67.9 Å². The van der Waals surface area contributed by atoms with Crippen LogP contribution >= 0.6 is 0 Å². The van der Waals surface area contributed by atoms with E-state index in [1.165, 1.54) is 0 Å². The molecule has 29 heavy (non-hydrogen) atoms. The van der Waals surface area contributed by atoms with E-state index in [9.17, 15) is 9.59 Å². The molecule has 2 amide bonds. The molecule has 3 rings (SSSR count). The molecule has 154 valence electrons. The molecule has 6 nitrogen and oxygen atoms in total. The minimum atomic E-state index is 0.0104. The molecule has 1 aliphatic rings. The van der Waals surface area contributed by atoms with Gasteiger partial charge in [-0.05, 0) is 42.7 Å². The Balaban J connectivity index is 1.34. The number of hydrogen-bond acceptors (Lipinski definition) is 4. The number of nitrogens with one attached hydrogen (secondary N) is 1. The van der Waals surface area contributed by atoms with Crippen LogP contribution in [0.15, 0.2) is 54.6 Å². The summed E-state index contributed by atoms with van der Waals surface area (Å²) in [6.45, 7) is 1.71. The quantitative estimate of drug-likeness (QED) is 0.745. The van der Waals surface area contributed by atoms with Gasteiger partial charge < -0.3 is 19.7 Å². The molecule has 2 aromatic rings. The molecule has 2 aromatic carbocycles. The summed E-state index contributed by atoms with van der Waals surface area (Å²) in [5.41, 5.74) is 0.953. The summed E-state index contributed by atoms with van der Waals surface area (Å²) in [4.78, 5) is 26.5. The molecule has 6 heteroatoms. The third-order valence-electron chi connectivity index (χ3n) is 5.06. The molecule has 0 aliphatic carbocycles. The highest BCUT2D eigenvalue weighted by Crippen LogP contribution is 2.14. The molecular weight excluding hydrogens is 368 g/mol. The molecule has 0 aromatic heterocycles. The molecule has 1 saturated heterocycles. The van der Waals surface area contributed by atoms with E-state index < -0.39 is 0 Å². The minimum Gasteiger partial charge on any atom is -0.497 e. The van der Waals surface area contributed by atoms with Crippen LogP contribution in [0.3, 0.4) is 0 Å². The number of piperidine rings is 1. The summed E-state index contributed by atoms with van der Waals surface area (Å²) in [6, 6.07) is 17.1. The number of carbonyl (C=O) groups is 2. The Bertz CT molecular complexity index is 784. The molecule has 0 radical (unpaired) electrons. The van der Waals surface area contributed by atoms with E-state index in [-0.39, 0.29) is 17.9 Å². The van der Waals surface area contributed by atoms with Gasteiger partial charge in [-0.25, -0.2) is 0 Å². The first-order valence-electron chi connectivity index (χ1n) is 10.0. The predicted octanol–water partition coefficient (Wildman–Crippen LogP) is 2.81. The number of para-hydroxylation sites is 1. The lowest BCUT2D eigenvalue weighted by atomic mass is 10.0. The Labute approximate surface area is 171 Å². The van der Waals surface area contributed by atoms with Gasteiger partial charge in [-0.2, -0.15) is 0 Å². The predicted molar refractivity (Wildman–Crippen MR) is 111 cm³/mol. The molecule has 1 heterocycles. The molecule has 0 spiro atoms. The van der Waals surface area contributed by atoms with Crippen LogP contribution in [0, 0.1) is 0 Å². The summed E-state index contributed by atoms with van der Waals surface area (Å²) >= 11 is 0. The average Bonchev–Trinajstić information content (AvgIpc) is 2.75. The third kappa shape index (κ3) is 6.52. The van der Waals surface area contributed by atoms with Crippen molar-refractivity contribution in [3.63, 3.8) is 0 Å². The first kappa shape index (κ1) is 20.7. The lowest BCUT2D eigenvalue weighted by Crippen LogP contribution is -2.47. The standard InChI is InChI=1S/C23H28N2O4/c1-28-20-9-7-18(8-10-20)17-22(26)24-19-11-14-25(15-12-19)23(27)13-16-29-21-5-3-2-4-6-21/h2-10,19H,11-17H2,1H3,(H,24,26). The first-order valence-corrected chi connectivity index (χ1v) is 10.0. The highest BCUT2D eigenvalue weighted by Gasteiger charge is 2.23. The zero-order chi connectivity index (χ0) is 20.5. The average molecular weight is 396 g/mol. The molecule has 0 bridgehead atoms. The van der Waals surface area contributed by atoms with E-state index in [0.717, 1.165) is 29.9 Å². The van der Waals surface area contributed by atoms with E-state index in [4.69, 9.17) is 9.47 Å². The van der Waals surface area contributed by atoms with Crippen LogP contribution in [0.4, 0.5) is 0 Å². The van der Waals surface area contributed by atoms with Gasteiger partial charge in [-0.3, -0.25) is 9.59 Å². The second-order valence-electron chi connectivity index (χ2n) is 7.16. The van der Waals surface area contributed by atoms with E-state index in [2.05, 4.69) is 5.32 Å². The number of amides is 2. The highest BCUT2D eigenvalue weighted by atomic mass is 16.5. The van der Waals surface area contributed by atoms with Crippen molar-refractivity contribution in [2.75, 3.05) is 26.8 Å². The van der Waals surface area contributed by atoms with Gasteiger partial charge >= 0.3 is 0 Å². The number of benzene rings is 2. The number of hydrogen-bond donors (Lipinski definition) is 1. The Morgan fingerprint density at radius 3 is 2.34 bits per heavy atom. The maximum Gasteiger partial charge on any atom is 0.225 e. The Morgan fingerprint density at radius 1 is 1.00 bits per heavy atom. The zero-order valence-corrected chi connectivity index (χ0v) is 16.8. The van der Waals surface area contributed by atoms with Crippen LogP contribution in [0.2, 0.25) is 0 Å². The maximum atomic E-state index is 12.4. The molecule has 1 aliphatic heterocycles. The van der Waals surface area contributed by atoms with Gasteiger partial charge in [0.15, 0.2) is 0 Å². The van der Waals surface area contributed by atoms with Crippen molar-refractivity contribution in [3.05, 3.63) is 60.2 Å². The zero-order valence-electron chi connectivity index (χ0n) is 16.8. The SMILES string of the molecule is COc1ccc(CC(=O)NC2CCN(C(=O)CCOc3ccccc3)CC2)cc1. The summed E-state index contributed by atoms with van der Waals surface area (Å²) in [5.74, 6) is 1.67. The van der Waals surface area contributed by atoms with E-state index >= 15 is 0 Å². The summed E-state index contributed by atoms with van der Waals surface area (Å²) in [6.07, 6.45) is 2.27. The van der Waals surface area contributed by atoms with Crippen molar-refractivity contribution in [1.82, 2.24) is 10.2 Å². The summed E-state index contributed by atoms with van der Waals surface area (Å²) < 4.78 is 10.7. The van der Waals surface area contributed by atoms with Crippen LogP contribution in [0.25, 0.3) is 0 Å². The van der Waals surface area contributed by atoms with Crippen molar-refractivity contribution in [2.45, 2.75) is 31.7 Å². The van der Waals surface area contributed by atoms with Gasteiger partial charge in [0.25, 0.3) is 0 Å². The molecule has 1 N–H and O–H groups in total. The van der Waals surface area contributed by atoms with Crippen LogP contribution in [0.1, 0.15) is 24.8 Å². The minimum absolute atomic E-state index is 0.0104. The summed E-state index contributed by atoms with van der Waals surface area (Å²) in [5, 5.41) is 3.09. The lowest BCUT2D eigenvalue weighted by molar-refractivity contribution is -0.132. The van der Waals surface area contributed by atoms with Gasteiger partial charge in [0.1, 0.15) is 11.5 Å². The molecule has 0 unspecified atom stereocenters. The maximum absolute atomic E-state index is 12.4. The van der Waals surface area contributed by atoms with Gasteiger partial charge in [0, 0.05) is 19.1 Å². The fourth-order valence-corrected chi connectivity index (χ4v) is 3.41. The van der Waals surface area contributed by atoms with Gasteiger partial charge in [-0.15, -0.1) is 0 Å². The molecule has 1 fully saturated rings. The Kier molecular flexibility index (Phi) is 7.50. The van der Waals surface area contributed by atoms with Crippen molar-refractivity contribution in [1.29, 1.82) is 0 Å². The van der Waals surface area contributed by atoms with Gasteiger partial charge in [-0.1, -0.05) is 30.3 Å². The molecule has 0 saturated carbocycles. The van der Waals surface area contributed by atoms with Crippen LogP contribution in [0.5, 0.6) is 11.5 Å². The second kappa shape index (κ2) is 10.5.